The molecule has 0 saturated heterocycles. The van der Waals surface area contributed by atoms with Gasteiger partial charge in [-0.25, -0.2) is 9.36 Å². The van der Waals surface area contributed by atoms with Crippen molar-refractivity contribution < 1.29 is 37.4 Å². The molecule has 0 amide bonds. The smallest absolute Gasteiger partial charge is 0.460 e. The van der Waals surface area contributed by atoms with Crippen LogP contribution in [-0.4, -0.2) is 32.3 Å². The highest BCUT2D eigenvalue weighted by Gasteiger charge is 2.58. The number of carbonyl (C=O) groups excluding carboxylic acids is 1. The number of H-pyrrole nitrogens is 1. The second-order valence-corrected chi connectivity index (χ2v) is 12.4. The second-order valence-electron chi connectivity index (χ2n) is 10.8. The summed E-state index contributed by atoms with van der Waals surface area (Å²) in [6.45, 7) is 1.44. The van der Waals surface area contributed by atoms with Gasteiger partial charge in [0.25, 0.3) is 5.56 Å². The quantitative estimate of drug-likeness (QED) is 0.151. The van der Waals surface area contributed by atoms with Crippen LogP contribution in [0.25, 0.3) is 10.8 Å². The number of rotatable bonds is 11. The molecule has 0 radical (unpaired) electrons. The Morgan fingerprint density at radius 2 is 1.84 bits per heavy atom. The van der Waals surface area contributed by atoms with Crippen molar-refractivity contribution in [2.45, 2.75) is 50.7 Å². The lowest BCUT2D eigenvalue weighted by Crippen LogP contribution is -2.37. The lowest BCUT2D eigenvalue weighted by Gasteiger charge is -2.28. The number of nitrogens with zero attached hydrogens (tertiary/aromatic N) is 1. The molecule has 14 heteroatoms. The predicted molar refractivity (Wildman–Crippen MR) is 160 cm³/mol. The number of esters is 1. The van der Waals surface area contributed by atoms with Gasteiger partial charge in [0, 0.05) is 5.39 Å². The number of nitrogens with one attached hydrogen (secondary N) is 2. The average molecular weight is 638 g/mol. The van der Waals surface area contributed by atoms with Crippen LogP contribution < -0.4 is 20.9 Å². The number of aliphatic hydroxyl groups excluding tert-OH is 1. The van der Waals surface area contributed by atoms with Gasteiger partial charge in [0.2, 0.25) is 5.82 Å². The van der Waals surface area contributed by atoms with Crippen molar-refractivity contribution in [1.29, 1.82) is 0 Å². The van der Waals surface area contributed by atoms with E-state index >= 15 is 0 Å². The number of aromatic nitrogens is 2. The number of aromatic amines is 1. The third-order valence-corrected chi connectivity index (χ3v) is 9.16. The van der Waals surface area contributed by atoms with Crippen LogP contribution in [0.15, 0.2) is 100 Å². The van der Waals surface area contributed by atoms with Crippen LogP contribution >= 0.6 is 7.75 Å². The van der Waals surface area contributed by atoms with E-state index in [1.165, 1.54) is 6.92 Å². The summed E-state index contributed by atoms with van der Waals surface area (Å²) in [5, 5.41) is 15.0. The van der Waals surface area contributed by atoms with E-state index in [0.29, 0.717) is 11.6 Å². The van der Waals surface area contributed by atoms with Gasteiger partial charge >= 0.3 is 19.4 Å². The van der Waals surface area contributed by atoms with Crippen molar-refractivity contribution >= 4 is 24.5 Å². The van der Waals surface area contributed by atoms with Gasteiger partial charge in [-0.1, -0.05) is 66.7 Å². The molecule has 0 spiro atoms. The van der Waals surface area contributed by atoms with E-state index in [-0.39, 0.29) is 43.1 Å². The van der Waals surface area contributed by atoms with E-state index in [0.717, 1.165) is 15.5 Å². The lowest BCUT2D eigenvalue weighted by molar-refractivity contribution is -0.146. The van der Waals surface area contributed by atoms with Crippen molar-refractivity contribution in [2.75, 3.05) is 0 Å². The third-order valence-electron chi connectivity index (χ3n) is 7.43. The number of hydrogen-bond acceptors (Lipinski definition) is 9. The van der Waals surface area contributed by atoms with Crippen LogP contribution in [0, 0.1) is 5.82 Å². The summed E-state index contributed by atoms with van der Waals surface area (Å²) in [6, 6.07) is 20.3. The first-order valence-electron chi connectivity index (χ1n) is 14.1. The van der Waals surface area contributed by atoms with E-state index in [1.54, 1.807) is 36.4 Å². The number of aliphatic hydroxyl groups is 1. The third kappa shape index (κ3) is 6.41. The zero-order valence-electron chi connectivity index (χ0n) is 24.0. The van der Waals surface area contributed by atoms with Gasteiger partial charge in [-0.2, -0.15) is 9.48 Å². The Labute approximate surface area is 255 Å². The molecular formula is C31H29FN3O9P. The van der Waals surface area contributed by atoms with Crippen molar-refractivity contribution in [3.63, 3.8) is 0 Å². The summed E-state index contributed by atoms with van der Waals surface area (Å²) in [6.07, 6.45) is -0.299. The second kappa shape index (κ2) is 12.0. The topological polar surface area (TPSA) is 158 Å². The molecule has 1 fully saturated rings. The maximum atomic E-state index is 14.6. The molecule has 2 aliphatic rings. The fourth-order valence-corrected chi connectivity index (χ4v) is 6.89. The summed E-state index contributed by atoms with van der Waals surface area (Å²) in [4.78, 5) is 38.6. The summed E-state index contributed by atoms with van der Waals surface area (Å²) in [5.41, 5.74) is -2.83. The first kappa shape index (κ1) is 30.3. The Hall–Kier alpha value is -4.71. The first-order valence-corrected chi connectivity index (χ1v) is 15.7. The molecule has 3 atom stereocenters. The molecule has 234 valence electrons. The van der Waals surface area contributed by atoms with Crippen molar-refractivity contribution in [3.8, 4) is 5.75 Å². The predicted octanol–water partition coefficient (Wildman–Crippen LogP) is 4.98. The zero-order chi connectivity index (χ0) is 31.8. The number of benzene rings is 3. The Bertz CT molecular complexity index is 1950. The van der Waals surface area contributed by atoms with Gasteiger partial charge in [-0.3, -0.25) is 23.7 Å². The molecule has 4 aromatic rings. The molecule has 3 aromatic carbocycles. The summed E-state index contributed by atoms with van der Waals surface area (Å²) < 4.78 is 52.8. The highest BCUT2D eigenvalue weighted by atomic mass is 31.2. The lowest BCUT2D eigenvalue weighted by atomic mass is 10.1. The van der Waals surface area contributed by atoms with Crippen LogP contribution in [0.4, 0.5) is 4.39 Å². The monoisotopic (exact) mass is 637 g/mol. The maximum absolute atomic E-state index is 14.6. The fourth-order valence-electron chi connectivity index (χ4n) is 5.03. The molecular weight excluding hydrogens is 608 g/mol. The maximum Gasteiger partial charge on any atom is 0.460 e. The number of hydrogen-bond donors (Lipinski definition) is 3. The van der Waals surface area contributed by atoms with Gasteiger partial charge in [0.05, 0.1) is 12.6 Å². The molecule has 1 aliphatic heterocycles. The van der Waals surface area contributed by atoms with Crippen LogP contribution in [0.5, 0.6) is 5.75 Å². The minimum Gasteiger partial charge on any atom is -0.508 e. The molecule has 1 aliphatic carbocycles. The van der Waals surface area contributed by atoms with Crippen LogP contribution in [0.3, 0.4) is 0 Å². The fraction of sp³-hybridized carbons (Fsp3) is 0.258. The Kier molecular flexibility index (Phi) is 8.08. The number of carbonyl (C=O) groups is 1. The van der Waals surface area contributed by atoms with Crippen molar-refractivity contribution in [3.05, 3.63) is 123 Å². The number of ether oxygens (including phenoxy) is 2. The number of halogens is 1. The highest BCUT2D eigenvalue weighted by molar-refractivity contribution is 7.52. The molecule has 2 heterocycles. The highest BCUT2D eigenvalue weighted by Crippen LogP contribution is 2.61. The average Bonchev–Trinajstić information content (AvgIpc) is 3.68. The summed E-state index contributed by atoms with van der Waals surface area (Å²) in [7, 11) is -4.46. The van der Waals surface area contributed by atoms with Gasteiger partial charge < -0.3 is 19.1 Å². The van der Waals surface area contributed by atoms with Crippen molar-refractivity contribution in [1.82, 2.24) is 14.6 Å². The molecule has 12 nitrogen and oxygen atoms in total. The largest absolute Gasteiger partial charge is 0.508 e. The summed E-state index contributed by atoms with van der Waals surface area (Å²) >= 11 is 0. The normalized spacial score (nSPS) is 19.0. The molecule has 45 heavy (non-hydrogen) atoms. The minimum absolute atomic E-state index is 0.00826. The van der Waals surface area contributed by atoms with Crippen molar-refractivity contribution in [2.24, 2.45) is 0 Å². The Balaban J connectivity index is 1.27. The summed E-state index contributed by atoms with van der Waals surface area (Å²) in [5.74, 6) is -2.15. The molecule has 1 aromatic heterocycles. The SMILES string of the molecule is C[C@H](N[P@@](=O)(Oc1cccc2ccccc12)OC1(C2=C(O)C[C@H](n3cc(F)c(=O)[nH]c3=O)O2)CC1)C(=O)OCc1ccccc1. The van der Waals surface area contributed by atoms with Gasteiger partial charge in [0.15, 0.2) is 12.0 Å². The standard InChI is InChI=1S/C31H29FN3O9P/c1-19(29(38)41-18-20-8-3-2-4-9-20)34-45(40,43-25-13-7-11-21-10-5-6-12-22(21)25)44-31(14-15-31)27-24(36)16-26(42-27)35-17-23(32)28(37)33-30(35)39/h2-13,17,19,26,36H,14-16,18H2,1H3,(H,34,40)(H,33,37,39)/t19-,26+,45+/m0/s1. The first-order chi connectivity index (χ1) is 21.6. The zero-order valence-corrected chi connectivity index (χ0v) is 24.9. The molecule has 0 unspecified atom stereocenters. The Morgan fingerprint density at radius 3 is 2.60 bits per heavy atom. The van der Waals surface area contributed by atoms with E-state index in [4.69, 9.17) is 18.5 Å². The Morgan fingerprint density at radius 1 is 1.13 bits per heavy atom. The van der Waals surface area contributed by atoms with E-state index in [1.807, 2.05) is 41.4 Å². The van der Waals surface area contributed by atoms with Gasteiger partial charge in [-0.05, 0) is 36.8 Å². The van der Waals surface area contributed by atoms with Crippen LogP contribution in [0.2, 0.25) is 0 Å². The molecule has 1 saturated carbocycles. The molecule has 3 N–H and O–H groups in total. The van der Waals surface area contributed by atoms with Gasteiger partial charge in [0.1, 0.15) is 29.8 Å². The van der Waals surface area contributed by atoms with E-state index in [9.17, 15) is 28.4 Å². The number of fused-ring (bicyclic) bond motifs is 1. The van der Waals surface area contributed by atoms with E-state index in [2.05, 4.69) is 5.09 Å². The minimum atomic E-state index is -4.46. The van der Waals surface area contributed by atoms with Crippen LogP contribution in [0.1, 0.15) is 38.0 Å². The molecule has 0 bridgehead atoms. The van der Waals surface area contributed by atoms with E-state index < -0.39 is 48.7 Å². The van der Waals surface area contributed by atoms with Crippen LogP contribution in [-0.2, 0) is 30.0 Å². The van der Waals surface area contributed by atoms with Gasteiger partial charge in [-0.15, -0.1) is 0 Å². The molecule has 6 rings (SSSR count).